The Labute approximate surface area is 126 Å². The van der Waals surface area contributed by atoms with Crippen molar-refractivity contribution in [2.45, 2.75) is 59.3 Å². The van der Waals surface area contributed by atoms with E-state index in [2.05, 4.69) is 57.9 Å². The lowest BCUT2D eigenvalue weighted by Gasteiger charge is -2.36. The summed E-state index contributed by atoms with van der Waals surface area (Å²) < 4.78 is 0. The zero-order valence-electron chi connectivity index (χ0n) is 14.0. The van der Waals surface area contributed by atoms with Crippen molar-refractivity contribution >= 4 is 0 Å². The van der Waals surface area contributed by atoms with Gasteiger partial charge in [0, 0.05) is 0 Å². The van der Waals surface area contributed by atoms with Crippen molar-refractivity contribution in [3.05, 3.63) is 36.0 Å². The Morgan fingerprint density at radius 2 is 2.20 bits per heavy atom. The molecule has 114 valence electrons. The van der Waals surface area contributed by atoms with E-state index < -0.39 is 0 Å². The molecule has 0 radical (unpaired) electrons. The van der Waals surface area contributed by atoms with Crippen LogP contribution >= 0.6 is 0 Å². The zero-order valence-corrected chi connectivity index (χ0v) is 14.0. The Bertz CT molecular complexity index is 364. The van der Waals surface area contributed by atoms with Crippen LogP contribution < -0.4 is 5.32 Å². The molecule has 1 heteroatoms. The van der Waals surface area contributed by atoms with Gasteiger partial charge in [0.15, 0.2) is 0 Å². The van der Waals surface area contributed by atoms with E-state index in [4.69, 9.17) is 0 Å². The Kier molecular flexibility index (Phi) is 7.29. The highest BCUT2D eigenvalue weighted by atomic mass is 14.8. The molecule has 1 nitrogen and oxygen atoms in total. The summed E-state index contributed by atoms with van der Waals surface area (Å²) in [5, 5.41) is 3.35. The molecule has 1 aliphatic rings. The van der Waals surface area contributed by atoms with Crippen LogP contribution in [0.2, 0.25) is 0 Å². The van der Waals surface area contributed by atoms with Crippen molar-refractivity contribution in [2.24, 2.45) is 11.3 Å². The highest BCUT2D eigenvalue weighted by Gasteiger charge is 2.30. The van der Waals surface area contributed by atoms with E-state index in [1.165, 1.54) is 30.4 Å². The van der Waals surface area contributed by atoms with E-state index >= 15 is 0 Å². The zero-order chi connectivity index (χ0) is 15.0. The molecule has 0 saturated carbocycles. The second kappa shape index (κ2) is 8.46. The standard InChI is InChI=1S/C19H33N/c1-6-10-16(3)19(4,13-17(7-2)15-20-5)14-18-11-8-9-12-18/h8,11-12,17,20H,3,6-7,9-10,13-15H2,1-2,4-5H3. The van der Waals surface area contributed by atoms with Gasteiger partial charge in [-0.3, -0.25) is 0 Å². The third kappa shape index (κ3) is 4.94. The lowest BCUT2D eigenvalue weighted by atomic mass is 9.70. The first kappa shape index (κ1) is 17.2. The molecule has 0 aromatic carbocycles. The van der Waals surface area contributed by atoms with Crippen LogP contribution in [0.15, 0.2) is 36.0 Å². The predicted molar refractivity (Wildman–Crippen MR) is 90.9 cm³/mol. The van der Waals surface area contributed by atoms with Gasteiger partial charge in [-0.05, 0) is 50.6 Å². The fourth-order valence-corrected chi connectivity index (χ4v) is 3.32. The summed E-state index contributed by atoms with van der Waals surface area (Å²) in [5.41, 5.74) is 3.19. The van der Waals surface area contributed by atoms with Crippen LogP contribution in [0.25, 0.3) is 0 Å². The fraction of sp³-hybridized carbons (Fsp3) is 0.684. The Morgan fingerprint density at radius 3 is 2.70 bits per heavy atom. The summed E-state index contributed by atoms with van der Waals surface area (Å²) >= 11 is 0. The van der Waals surface area contributed by atoms with Crippen molar-refractivity contribution in [3.63, 3.8) is 0 Å². The SMILES string of the molecule is C=C(CCC)C(C)(CC1=CCC=C1)CC(CC)CNC. The summed E-state index contributed by atoms with van der Waals surface area (Å²) in [6.07, 6.45) is 14.0. The smallest absolute Gasteiger partial charge is 0.00233 e. The maximum Gasteiger partial charge on any atom is -0.00233 e. The van der Waals surface area contributed by atoms with Crippen molar-refractivity contribution in [1.82, 2.24) is 5.32 Å². The first-order valence-electron chi connectivity index (χ1n) is 8.24. The molecule has 1 rings (SSSR count). The van der Waals surface area contributed by atoms with Crippen molar-refractivity contribution in [2.75, 3.05) is 13.6 Å². The van der Waals surface area contributed by atoms with Crippen LogP contribution in [-0.2, 0) is 0 Å². The lowest BCUT2D eigenvalue weighted by Crippen LogP contribution is -2.28. The van der Waals surface area contributed by atoms with Crippen LogP contribution in [0.5, 0.6) is 0 Å². The molecule has 0 aromatic heterocycles. The number of hydrogen-bond acceptors (Lipinski definition) is 1. The van der Waals surface area contributed by atoms with Gasteiger partial charge in [-0.1, -0.05) is 69.6 Å². The highest BCUT2D eigenvalue weighted by molar-refractivity contribution is 5.29. The minimum Gasteiger partial charge on any atom is -0.319 e. The molecule has 0 heterocycles. The van der Waals surface area contributed by atoms with Crippen LogP contribution in [0.4, 0.5) is 0 Å². The van der Waals surface area contributed by atoms with E-state index in [9.17, 15) is 0 Å². The summed E-state index contributed by atoms with van der Waals surface area (Å²) in [6, 6.07) is 0. The van der Waals surface area contributed by atoms with Crippen molar-refractivity contribution < 1.29 is 0 Å². The Hall–Kier alpha value is -0.820. The topological polar surface area (TPSA) is 12.0 Å². The summed E-state index contributed by atoms with van der Waals surface area (Å²) in [5.74, 6) is 0.740. The monoisotopic (exact) mass is 275 g/mol. The molecular formula is C19H33N. The third-order valence-electron chi connectivity index (χ3n) is 4.66. The fourth-order valence-electron chi connectivity index (χ4n) is 3.32. The number of rotatable bonds is 10. The minimum absolute atomic E-state index is 0.244. The Balaban J connectivity index is 2.81. The maximum atomic E-state index is 4.43. The van der Waals surface area contributed by atoms with Gasteiger partial charge in [-0.2, -0.15) is 0 Å². The first-order valence-corrected chi connectivity index (χ1v) is 8.24. The van der Waals surface area contributed by atoms with Crippen LogP contribution in [0.1, 0.15) is 59.3 Å². The molecule has 2 atom stereocenters. The largest absolute Gasteiger partial charge is 0.319 e. The molecular weight excluding hydrogens is 242 g/mol. The molecule has 1 aliphatic carbocycles. The van der Waals surface area contributed by atoms with Gasteiger partial charge in [0.2, 0.25) is 0 Å². The van der Waals surface area contributed by atoms with E-state index in [-0.39, 0.29) is 5.41 Å². The van der Waals surface area contributed by atoms with Gasteiger partial charge in [0.1, 0.15) is 0 Å². The molecule has 0 bridgehead atoms. The van der Waals surface area contributed by atoms with Crippen LogP contribution in [0, 0.1) is 11.3 Å². The van der Waals surface area contributed by atoms with E-state index in [1.807, 2.05) is 0 Å². The number of allylic oxidation sites excluding steroid dienone is 5. The third-order valence-corrected chi connectivity index (χ3v) is 4.66. The molecule has 0 aromatic rings. The molecule has 0 saturated heterocycles. The quantitative estimate of drug-likeness (QED) is 0.536. The average molecular weight is 275 g/mol. The van der Waals surface area contributed by atoms with Gasteiger partial charge in [0.05, 0.1) is 0 Å². The number of nitrogens with one attached hydrogen (secondary N) is 1. The second-order valence-corrected chi connectivity index (χ2v) is 6.54. The molecule has 1 N–H and O–H groups in total. The molecule has 20 heavy (non-hydrogen) atoms. The Morgan fingerprint density at radius 1 is 1.45 bits per heavy atom. The van der Waals surface area contributed by atoms with Gasteiger partial charge >= 0.3 is 0 Å². The summed E-state index contributed by atoms with van der Waals surface area (Å²) in [7, 11) is 2.06. The molecule has 0 fully saturated rings. The van der Waals surface area contributed by atoms with Crippen LogP contribution in [0.3, 0.4) is 0 Å². The van der Waals surface area contributed by atoms with Gasteiger partial charge in [0.25, 0.3) is 0 Å². The van der Waals surface area contributed by atoms with E-state index in [0.717, 1.165) is 31.7 Å². The van der Waals surface area contributed by atoms with Gasteiger partial charge < -0.3 is 5.32 Å². The first-order chi connectivity index (χ1) is 9.55. The minimum atomic E-state index is 0.244. The molecule has 0 spiro atoms. The lowest BCUT2D eigenvalue weighted by molar-refractivity contribution is 0.271. The number of hydrogen-bond donors (Lipinski definition) is 1. The van der Waals surface area contributed by atoms with Crippen molar-refractivity contribution in [3.8, 4) is 0 Å². The van der Waals surface area contributed by atoms with Gasteiger partial charge in [-0.15, -0.1) is 0 Å². The summed E-state index contributed by atoms with van der Waals surface area (Å²) in [6.45, 7) is 12.5. The van der Waals surface area contributed by atoms with Crippen LogP contribution in [-0.4, -0.2) is 13.6 Å². The van der Waals surface area contributed by atoms with Gasteiger partial charge in [-0.25, -0.2) is 0 Å². The second-order valence-electron chi connectivity index (χ2n) is 6.54. The summed E-state index contributed by atoms with van der Waals surface area (Å²) in [4.78, 5) is 0. The predicted octanol–water partition coefficient (Wildman–Crippen LogP) is 5.26. The van der Waals surface area contributed by atoms with Crippen molar-refractivity contribution in [1.29, 1.82) is 0 Å². The normalized spacial score (nSPS) is 18.7. The molecule has 0 amide bonds. The van der Waals surface area contributed by atoms with E-state index in [0.29, 0.717) is 0 Å². The molecule has 2 unspecified atom stereocenters. The van der Waals surface area contributed by atoms with E-state index in [1.54, 1.807) is 0 Å². The highest BCUT2D eigenvalue weighted by Crippen LogP contribution is 2.42. The molecule has 0 aliphatic heterocycles. The average Bonchev–Trinajstić information content (AvgIpc) is 2.91. The maximum absolute atomic E-state index is 4.43.